The minimum absolute atomic E-state index is 0.0189. The molecule has 2 nitrogen and oxygen atoms in total. The summed E-state index contributed by atoms with van der Waals surface area (Å²) < 4.78 is 0. The summed E-state index contributed by atoms with van der Waals surface area (Å²) >= 11 is 6.05. The van der Waals surface area contributed by atoms with E-state index in [2.05, 4.69) is 17.4 Å². The van der Waals surface area contributed by atoms with Gasteiger partial charge >= 0.3 is 0 Å². The molecule has 0 saturated carbocycles. The fourth-order valence-corrected chi connectivity index (χ4v) is 2.02. The molecule has 0 atom stereocenters. The van der Waals surface area contributed by atoms with Crippen LogP contribution in [0.1, 0.15) is 22.8 Å². The Morgan fingerprint density at radius 3 is 2.50 bits per heavy atom. The number of Topliss-reactive ketones (excluding diaryl/α,β-unsaturated/α-hetero) is 1. The van der Waals surface area contributed by atoms with E-state index >= 15 is 0 Å². The quantitative estimate of drug-likeness (QED) is 0.836. The molecule has 0 heterocycles. The Morgan fingerprint density at radius 1 is 1.17 bits per heavy atom. The molecule has 3 heteroatoms. The van der Waals surface area contributed by atoms with Crippen molar-refractivity contribution in [3.63, 3.8) is 0 Å². The lowest BCUT2D eigenvalue weighted by Crippen LogP contribution is -2.00. The third kappa shape index (κ3) is 3.11. The molecule has 0 saturated heterocycles. The zero-order valence-electron chi connectivity index (χ0n) is 10.1. The number of ketones is 1. The monoisotopic (exact) mass is 259 g/mol. The van der Waals surface area contributed by atoms with Gasteiger partial charge in [0.2, 0.25) is 0 Å². The molecule has 1 N–H and O–H groups in total. The molecular weight excluding hydrogens is 246 g/mol. The maximum atomic E-state index is 11.3. The van der Waals surface area contributed by atoms with Gasteiger partial charge in [-0.25, -0.2) is 0 Å². The molecular formula is C15H14ClNO. The fourth-order valence-electron chi connectivity index (χ4n) is 1.71. The standard InChI is InChI=1S/C15H14ClNO/c1-11(18)14-8-7-13(9-15(14)16)17-10-12-5-3-2-4-6-12/h2-9,17H,10H2,1H3. The minimum Gasteiger partial charge on any atom is -0.381 e. The number of carbonyl (C=O) groups excluding carboxylic acids is 1. The van der Waals surface area contributed by atoms with Gasteiger partial charge in [-0.2, -0.15) is 0 Å². The zero-order valence-corrected chi connectivity index (χ0v) is 10.9. The normalized spacial score (nSPS) is 10.1. The molecule has 2 aromatic rings. The highest BCUT2D eigenvalue weighted by Crippen LogP contribution is 2.21. The van der Waals surface area contributed by atoms with Crippen molar-refractivity contribution in [3.8, 4) is 0 Å². The second-order valence-corrected chi connectivity index (χ2v) is 4.50. The summed E-state index contributed by atoms with van der Waals surface area (Å²) in [6.45, 7) is 2.24. The van der Waals surface area contributed by atoms with Gasteiger partial charge in [0.15, 0.2) is 5.78 Å². The molecule has 0 fully saturated rings. The summed E-state index contributed by atoms with van der Waals surface area (Å²) in [5.41, 5.74) is 2.67. The van der Waals surface area contributed by atoms with Gasteiger partial charge in [-0.3, -0.25) is 4.79 Å². The number of carbonyl (C=O) groups is 1. The van der Waals surface area contributed by atoms with Gasteiger partial charge in [-0.1, -0.05) is 41.9 Å². The lowest BCUT2D eigenvalue weighted by atomic mass is 10.1. The Kier molecular flexibility index (Phi) is 4.00. The first kappa shape index (κ1) is 12.7. The van der Waals surface area contributed by atoms with Crippen LogP contribution in [0.2, 0.25) is 5.02 Å². The molecule has 0 amide bonds. The molecule has 0 aliphatic heterocycles. The molecule has 2 rings (SSSR count). The van der Waals surface area contributed by atoms with Crippen LogP contribution in [0.5, 0.6) is 0 Å². The minimum atomic E-state index is -0.0189. The van der Waals surface area contributed by atoms with Gasteiger partial charge in [-0.15, -0.1) is 0 Å². The molecule has 0 radical (unpaired) electrons. The Labute approximate surface area is 112 Å². The van der Waals surface area contributed by atoms with E-state index in [9.17, 15) is 4.79 Å². The van der Waals surface area contributed by atoms with E-state index in [0.717, 1.165) is 12.2 Å². The molecule has 0 aromatic heterocycles. The predicted molar refractivity (Wildman–Crippen MR) is 75.2 cm³/mol. The predicted octanol–water partition coefficient (Wildman–Crippen LogP) is 4.15. The Hall–Kier alpha value is -1.80. The summed E-state index contributed by atoms with van der Waals surface area (Å²) in [6.07, 6.45) is 0. The molecule has 0 aliphatic rings. The molecule has 18 heavy (non-hydrogen) atoms. The number of hydrogen-bond donors (Lipinski definition) is 1. The third-order valence-corrected chi connectivity index (χ3v) is 3.00. The van der Waals surface area contributed by atoms with Crippen LogP contribution in [-0.2, 0) is 6.54 Å². The smallest absolute Gasteiger partial charge is 0.161 e. The van der Waals surface area contributed by atoms with Crippen molar-refractivity contribution in [2.75, 3.05) is 5.32 Å². The molecule has 0 bridgehead atoms. The number of benzene rings is 2. The van der Waals surface area contributed by atoms with Crippen LogP contribution in [0.3, 0.4) is 0 Å². The van der Waals surface area contributed by atoms with Crippen molar-refractivity contribution in [2.24, 2.45) is 0 Å². The summed E-state index contributed by atoms with van der Waals surface area (Å²) in [4.78, 5) is 11.3. The third-order valence-electron chi connectivity index (χ3n) is 2.69. The first-order valence-corrected chi connectivity index (χ1v) is 6.13. The SMILES string of the molecule is CC(=O)c1ccc(NCc2ccccc2)cc1Cl. The van der Waals surface area contributed by atoms with E-state index in [1.165, 1.54) is 12.5 Å². The first-order chi connectivity index (χ1) is 8.66. The first-order valence-electron chi connectivity index (χ1n) is 5.75. The van der Waals surface area contributed by atoms with Crippen LogP contribution >= 0.6 is 11.6 Å². The second kappa shape index (κ2) is 5.69. The number of nitrogens with one attached hydrogen (secondary N) is 1. The highest BCUT2D eigenvalue weighted by atomic mass is 35.5. The topological polar surface area (TPSA) is 29.1 Å². The van der Waals surface area contributed by atoms with Crippen molar-refractivity contribution in [1.82, 2.24) is 0 Å². The van der Waals surface area contributed by atoms with Gasteiger partial charge in [0.1, 0.15) is 0 Å². The molecule has 0 unspecified atom stereocenters. The van der Waals surface area contributed by atoms with Crippen LogP contribution in [0.25, 0.3) is 0 Å². The second-order valence-electron chi connectivity index (χ2n) is 4.09. The summed E-state index contributed by atoms with van der Waals surface area (Å²) in [5.74, 6) is -0.0189. The van der Waals surface area contributed by atoms with Crippen molar-refractivity contribution in [3.05, 3.63) is 64.7 Å². The van der Waals surface area contributed by atoms with Crippen LogP contribution in [0, 0.1) is 0 Å². The number of hydrogen-bond acceptors (Lipinski definition) is 2. The Balaban J connectivity index is 2.07. The Bertz CT molecular complexity index is 552. The van der Waals surface area contributed by atoms with E-state index < -0.39 is 0 Å². The van der Waals surface area contributed by atoms with E-state index in [-0.39, 0.29) is 5.78 Å². The fraction of sp³-hybridized carbons (Fsp3) is 0.133. The van der Waals surface area contributed by atoms with Crippen LogP contribution in [0.4, 0.5) is 5.69 Å². The van der Waals surface area contributed by atoms with Crippen molar-refractivity contribution in [2.45, 2.75) is 13.5 Å². The zero-order chi connectivity index (χ0) is 13.0. The number of halogens is 1. The molecule has 0 spiro atoms. The average Bonchev–Trinajstić information content (AvgIpc) is 2.37. The summed E-state index contributed by atoms with van der Waals surface area (Å²) in [6, 6.07) is 15.5. The van der Waals surface area contributed by atoms with E-state index in [1.807, 2.05) is 24.3 Å². The maximum Gasteiger partial charge on any atom is 0.161 e. The molecule has 92 valence electrons. The molecule has 2 aromatic carbocycles. The highest BCUT2D eigenvalue weighted by molar-refractivity contribution is 6.34. The van der Waals surface area contributed by atoms with Gasteiger partial charge in [0, 0.05) is 17.8 Å². The highest BCUT2D eigenvalue weighted by Gasteiger charge is 2.05. The lowest BCUT2D eigenvalue weighted by molar-refractivity contribution is 0.101. The van der Waals surface area contributed by atoms with Crippen LogP contribution < -0.4 is 5.32 Å². The van der Waals surface area contributed by atoms with Gasteiger partial charge in [-0.05, 0) is 30.7 Å². The maximum absolute atomic E-state index is 11.3. The van der Waals surface area contributed by atoms with Crippen LogP contribution in [0.15, 0.2) is 48.5 Å². The average molecular weight is 260 g/mol. The van der Waals surface area contributed by atoms with Crippen molar-refractivity contribution in [1.29, 1.82) is 0 Å². The lowest BCUT2D eigenvalue weighted by Gasteiger charge is -2.08. The molecule has 0 aliphatic carbocycles. The van der Waals surface area contributed by atoms with Gasteiger partial charge < -0.3 is 5.32 Å². The Morgan fingerprint density at radius 2 is 1.89 bits per heavy atom. The van der Waals surface area contributed by atoms with Crippen LogP contribution in [-0.4, -0.2) is 5.78 Å². The largest absolute Gasteiger partial charge is 0.381 e. The van der Waals surface area contributed by atoms with E-state index in [1.54, 1.807) is 12.1 Å². The van der Waals surface area contributed by atoms with E-state index in [0.29, 0.717) is 10.6 Å². The number of rotatable bonds is 4. The van der Waals surface area contributed by atoms with Gasteiger partial charge in [0.25, 0.3) is 0 Å². The number of anilines is 1. The summed E-state index contributed by atoms with van der Waals surface area (Å²) in [5, 5.41) is 3.76. The summed E-state index contributed by atoms with van der Waals surface area (Å²) in [7, 11) is 0. The van der Waals surface area contributed by atoms with E-state index in [4.69, 9.17) is 11.6 Å². The van der Waals surface area contributed by atoms with Gasteiger partial charge in [0.05, 0.1) is 5.02 Å². The van der Waals surface area contributed by atoms with Crippen molar-refractivity contribution >= 4 is 23.1 Å². The van der Waals surface area contributed by atoms with Crippen molar-refractivity contribution < 1.29 is 4.79 Å².